The number of benzene rings is 2. The fourth-order valence-corrected chi connectivity index (χ4v) is 3.57. The molecule has 1 aromatic heterocycles. The third-order valence-electron chi connectivity index (χ3n) is 4.11. The van der Waals surface area contributed by atoms with Crippen molar-refractivity contribution < 1.29 is 19.4 Å². The summed E-state index contributed by atoms with van der Waals surface area (Å²) < 4.78 is 11.4. The van der Waals surface area contributed by atoms with Gasteiger partial charge in [0.2, 0.25) is 0 Å². The lowest BCUT2D eigenvalue weighted by atomic mass is 10.1. The Balaban J connectivity index is 1.76. The molecule has 0 aliphatic carbocycles. The SMILES string of the molecule is COc1ccc(C(C)=NOC/C(O)=C(\C#N)c2nc3ccccc3s2)cc1OC. The number of thiazole rings is 1. The van der Waals surface area contributed by atoms with Crippen LogP contribution < -0.4 is 9.47 Å². The number of rotatable bonds is 7. The van der Waals surface area contributed by atoms with Crippen LogP contribution in [0.2, 0.25) is 0 Å². The largest absolute Gasteiger partial charge is 0.507 e. The Labute approximate surface area is 172 Å². The second-order valence-electron chi connectivity index (χ2n) is 5.94. The Hall–Kier alpha value is -3.57. The van der Waals surface area contributed by atoms with Gasteiger partial charge >= 0.3 is 0 Å². The van der Waals surface area contributed by atoms with Crippen LogP contribution in [-0.2, 0) is 4.84 Å². The van der Waals surface area contributed by atoms with Gasteiger partial charge in [-0.1, -0.05) is 17.3 Å². The summed E-state index contributed by atoms with van der Waals surface area (Å²) in [5.41, 5.74) is 2.21. The minimum Gasteiger partial charge on any atom is -0.507 e. The first-order valence-corrected chi connectivity index (χ1v) is 9.46. The first kappa shape index (κ1) is 20.2. The van der Waals surface area contributed by atoms with E-state index in [4.69, 9.17) is 14.3 Å². The molecule has 2 aromatic carbocycles. The minimum atomic E-state index is -0.247. The van der Waals surface area contributed by atoms with Crippen LogP contribution in [0.4, 0.5) is 0 Å². The number of hydrogen-bond acceptors (Lipinski definition) is 8. The predicted octanol–water partition coefficient (Wildman–Crippen LogP) is 4.55. The molecule has 0 unspecified atom stereocenters. The van der Waals surface area contributed by atoms with Gasteiger partial charge < -0.3 is 19.4 Å². The fourth-order valence-electron chi connectivity index (χ4n) is 2.59. The van der Waals surface area contributed by atoms with Gasteiger partial charge in [0.15, 0.2) is 23.9 Å². The van der Waals surface area contributed by atoms with Crippen molar-refractivity contribution in [3.8, 4) is 17.6 Å². The number of fused-ring (bicyclic) bond motifs is 1. The van der Waals surface area contributed by atoms with Crippen LogP contribution in [0.15, 0.2) is 53.4 Å². The second kappa shape index (κ2) is 9.08. The maximum absolute atomic E-state index is 10.3. The Morgan fingerprint density at radius 3 is 2.62 bits per heavy atom. The number of aliphatic hydroxyl groups excluding tert-OH is 1. The summed E-state index contributed by atoms with van der Waals surface area (Å²) in [6.45, 7) is 1.52. The topological polar surface area (TPSA) is 97.0 Å². The number of methoxy groups -OCH3 is 2. The molecule has 0 amide bonds. The molecule has 0 saturated heterocycles. The molecule has 29 heavy (non-hydrogen) atoms. The zero-order valence-electron chi connectivity index (χ0n) is 16.2. The van der Waals surface area contributed by atoms with Gasteiger partial charge in [-0.3, -0.25) is 0 Å². The lowest BCUT2D eigenvalue weighted by molar-refractivity contribution is 0.138. The van der Waals surface area contributed by atoms with Crippen LogP contribution in [0, 0.1) is 11.3 Å². The van der Waals surface area contributed by atoms with E-state index in [-0.39, 0.29) is 17.9 Å². The molecule has 7 nitrogen and oxygen atoms in total. The van der Waals surface area contributed by atoms with E-state index in [1.54, 1.807) is 33.3 Å². The van der Waals surface area contributed by atoms with E-state index >= 15 is 0 Å². The highest BCUT2D eigenvalue weighted by Crippen LogP contribution is 2.29. The standard InChI is InChI=1S/C21H19N3O4S/c1-13(14-8-9-18(26-2)19(10-14)27-3)24-28-12-17(25)15(11-22)21-23-16-6-4-5-7-20(16)29-21/h4-10,25H,12H2,1-3H3/b17-15-,24-13?. The number of ether oxygens (including phenoxy) is 2. The van der Waals surface area contributed by atoms with Gasteiger partial charge in [0, 0.05) is 5.56 Å². The van der Waals surface area contributed by atoms with Crippen LogP contribution in [0.1, 0.15) is 17.5 Å². The van der Waals surface area contributed by atoms with Gasteiger partial charge in [-0.05, 0) is 37.3 Å². The molecule has 0 radical (unpaired) electrons. The highest BCUT2D eigenvalue weighted by Gasteiger charge is 2.14. The van der Waals surface area contributed by atoms with Gasteiger partial charge in [0.25, 0.3) is 0 Å². The fraction of sp³-hybridized carbons (Fsp3) is 0.190. The van der Waals surface area contributed by atoms with E-state index in [1.807, 2.05) is 36.4 Å². The van der Waals surface area contributed by atoms with Gasteiger partial charge in [-0.25, -0.2) is 4.98 Å². The minimum absolute atomic E-state index is 0.0742. The molecular weight excluding hydrogens is 390 g/mol. The van der Waals surface area contributed by atoms with Gasteiger partial charge in [0.05, 0.1) is 30.1 Å². The highest BCUT2D eigenvalue weighted by atomic mass is 32.1. The first-order valence-electron chi connectivity index (χ1n) is 8.64. The zero-order valence-corrected chi connectivity index (χ0v) is 17.0. The molecule has 3 rings (SSSR count). The molecule has 0 fully saturated rings. The molecule has 1 heterocycles. The van der Waals surface area contributed by atoms with Crippen molar-refractivity contribution in [2.75, 3.05) is 20.8 Å². The van der Waals surface area contributed by atoms with E-state index in [9.17, 15) is 10.4 Å². The summed E-state index contributed by atoms with van der Waals surface area (Å²) in [6.07, 6.45) is 0. The normalized spacial score (nSPS) is 12.3. The van der Waals surface area contributed by atoms with Crippen molar-refractivity contribution >= 4 is 32.8 Å². The average molecular weight is 409 g/mol. The van der Waals surface area contributed by atoms with Crippen molar-refractivity contribution in [2.45, 2.75) is 6.92 Å². The molecule has 3 aromatic rings. The number of nitriles is 1. The van der Waals surface area contributed by atoms with Gasteiger partial charge in [0.1, 0.15) is 16.6 Å². The third kappa shape index (κ3) is 4.47. The van der Waals surface area contributed by atoms with Gasteiger partial charge in [-0.2, -0.15) is 5.26 Å². The lowest BCUT2D eigenvalue weighted by Crippen LogP contribution is -2.02. The summed E-state index contributed by atoms with van der Waals surface area (Å²) in [5.74, 6) is 0.959. The zero-order chi connectivity index (χ0) is 20.8. The van der Waals surface area contributed by atoms with Crippen LogP contribution in [0.25, 0.3) is 15.8 Å². The van der Waals surface area contributed by atoms with Gasteiger partial charge in [-0.15, -0.1) is 11.3 Å². The molecule has 0 bridgehead atoms. The molecule has 1 N–H and O–H groups in total. The smallest absolute Gasteiger partial charge is 0.175 e. The number of allylic oxidation sites excluding steroid dienone is 1. The molecule has 0 aliphatic heterocycles. The first-order chi connectivity index (χ1) is 14.1. The Morgan fingerprint density at radius 1 is 1.17 bits per heavy atom. The number of aromatic nitrogens is 1. The molecule has 0 atom stereocenters. The molecule has 0 aliphatic rings. The van der Waals surface area contributed by atoms with Crippen LogP contribution in [0.3, 0.4) is 0 Å². The maximum Gasteiger partial charge on any atom is 0.175 e. The number of hydrogen-bond donors (Lipinski definition) is 1. The molecule has 0 saturated carbocycles. The predicted molar refractivity (Wildman–Crippen MR) is 112 cm³/mol. The molecular formula is C21H19N3O4S. The summed E-state index contributed by atoms with van der Waals surface area (Å²) in [4.78, 5) is 9.65. The van der Waals surface area contributed by atoms with Crippen molar-refractivity contribution in [3.05, 3.63) is 58.8 Å². The quantitative estimate of drug-likeness (QED) is 0.266. The second-order valence-corrected chi connectivity index (χ2v) is 6.97. The lowest BCUT2D eigenvalue weighted by Gasteiger charge is -2.09. The van der Waals surface area contributed by atoms with Crippen LogP contribution >= 0.6 is 11.3 Å². The monoisotopic (exact) mass is 409 g/mol. The highest BCUT2D eigenvalue weighted by molar-refractivity contribution is 7.19. The Kier molecular flexibility index (Phi) is 6.32. The third-order valence-corrected chi connectivity index (χ3v) is 5.17. The summed E-state index contributed by atoms with van der Waals surface area (Å²) in [5, 5.41) is 24.2. The van der Waals surface area contributed by atoms with E-state index in [0.29, 0.717) is 22.2 Å². The van der Waals surface area contributed by atoms with Crippen molar-refractivity contribution in [3.63, 3.8) is 0 Å². The van der Waals surface area contributed by atoms with Crippen LogP contribution in [-0.4, -0.2) is 36.6 Å². The molecule has 0 spiro atoms. The van der Waals surface area contributed by atoms with E-state index in [2.05, 4.69) is 10.1 Å². The Bertz CT molecular complexity index is 1100. The number of para-hydroxylation sites is 1. The van der Waals surface area contributed by atoms with E-state index in [1.165, 1.54) is 11.3 Å². The number of aliphatic hydroxyl groups is 1. The van der Waals surface area contributed by atoms with Crippen molar-refractivity contribution in [1.29, 1.82) is 5.26 Å². The summed E-state index contributed by atoms with van der Waals surface area (Å²) in [6, 6.07) is 14.9. The maximum atomic E-state index is 10.3. The summed E-state index contributed by atoms with van der Waals surface area (Å²) >= 11 is 1.33. The Morgan fingerprint density at radius 2 is 1.93 bits per heavy atom. The van der Waals surface area contributed by atoms with Crippen molar-refractivity contribution in [1.82, 2.24) is 4.98 Å². The van der Waals surface area contributed by atoms with Crippen LogP contribution in [0.5, 0.6) is 11.5 Å². The average Bonchev–Trinajstić information content (AvgIpc) is 3.17. The van der Waals surface area contributed by atoms with Crippen molar-refractivity contribution in [2.24, 2.45) is 5.16 Å². The number of nitrogens with zero attached hydrogens (tertiary/aromatic N) is 3. The van der Waals surface area contributed by atoms with E-state index in [0.717, 1.165) is 15.8 Å². The number of oxime groups is 1. The molecule has 148 valence electrons. The van der Waals surface area contributed by atoms with E-state index < -0.39 is 0 Å². The summed E-state index contributed by atoms with van der Waals surface area (Å²) in [7, 11) is 3.12. The molecule has 8 heteroatoms.